The number of aromatic hydroxyl groups is 1. The fourth-order valence-electron chi connectivity index (χ4n) is 2.26. The molecule has 0 atom stereocenters. The summed E-state index contributed by atoms with van der Waals surface area (Å²) >= 11 is 0. The normalized spacial score (nSPS) is 10.1. The minimum absolute atomic E-state index is 0.0510. The Morgan fingerprint density at radius 3 is 2.55 bits per heavy atom. The van der Waals surface area contributed by atoms with Gasteiger partial charge < -0.3 is 10.1 Å². The van der Waals surface area contributed by atoms with Crippen LogP contribution in [0, 0.1) is 11.3 Å². The van der Waals surface area contributed by atoms with Crippen LogP contribution in [0.5, 0.6) is 5.75 Å². The van der Waals surface area contributed by atoms with Crippen molar-refractivity contribution in [1.82, 2.24) is 9.97 Å². The van der Waals surface area contributed by atoms with Crippen LogP contribution in [0.3, 0.4) is 0 Å². The van der Waals surface area contributed by atoms with E-state index in [1.165, 1.54) is 0 Å². The number of phenols is 1. The van der Waals surface area contributed by atoms with Gasteiger partial charge in [-0.3, -0.25) is 9.78 Å². The summed E-state index contributed by atoms with van der Waals surface area (Å²) in [5, 5.41) is 18.8. The maximum absolute atomic E-state index is 12.2. The average molecular weight is 289 g/mol. The van der Waals surface area contributed by atoms with E-state index in [2.05, 4.69) is 9.97 Å². The second kappa shape index (κ2) is 5.54. The Morgan fingerprint density at radius 1 is 1.09 bits per heavy atom. The maximum Gasteiger partial charge on any atom is 0.266 e. The number of hydrogen-bond donors (Lipinski definition) is 2. The molecule has 0 spiro atoms. The van der Waals surface area contributed by atoms with Crippen molar-refractivity contribution < 1.29 is 5.11 Å². The molecule has 0 unspecified atom stereocenters. The van der Waals surface area contributed by atoms with Crippen molar-refractivity contribution >= 4 is 0 Å². The fraction of sp³-hybridized carbons (Fsp3) is 0. The number of hydrogen-bond acceptors (Lipinski definition) is 4. The molecule has 1 aromatic carbocycles. The second-order valence-electron chi connectivity index (χ2n) is 4.70. The van der Waals surface area contributed by atoms with Gasteiger partial charge in [0.2, 0.25) is 0 Å². The summed E-state index contributed by atoms with van der Waals surface area (Å²) in [6, 6.07) is 13.7. The molecular formula is C17H11N3O2. The molecule has 2 heterocycles. The van der Waals surface area contributed by atoms with Gasteiger partial charge in [0.1, 0.15) is 17.4 Å². The summed E-state index contributed by atoms with van der Waals surface area (Å²) in [4.78, 5) is 18.8. The molecule has 0 saturated carbocycles. The standard InChI is InChI=1S/C17H11N3O2/c18-10-15-14(11-4-6-19-7-5-11)9-16(20-17(15)22)12-2-1-3-13(21)8-12/h1-9,21H,(H,20,22). The molecule has 2 aromatic heterocycles. The smallest absolute Gasteiger partial charge is 0.266 e. The van der Waals surface area contributed by atoms with Crippen LogP contribution in [0.1, 0.15) is 5.56 Å². The molecule has 0 aliphatic heterocycles. The van der Waals surface area contributed by atoms with Gasteiger partial charge in [-0.05, 0) is 35.9 Å². The first-order chi connectivity index (χ1) is 10.7. The lowest BCUT2D eigenvalue weighted by Crippen LogP contribution is -2.12. The molecular weight excluding hydrogens is 278 g/mol. The lowest BCUT2D eigenvalue weighted by molar-refractivity contribution is 0.475. The third kappa shape index (κ3) is 2.45. The molecule has 0 aliphatic carbocycles. The highest BCUT2D eigenvalue weighted by molar-refractivity contribution is 5.75. The van der Waals surface area contributed by atoms with Crippen LogP contribution in [-0.2, 0) is 0 Å². The lowest BCUT2D eigenvalue weighted by atomic mass is 10.00. The van der Waals surface area contributed by atoms with E-state index < -0.39 is 5.56 Å². The number of aromatic amines is 1. The predicted octanol–water partition coefficient (Wildman–Crippen LogP) is 2.68. The quantitative estimate of drug-likeness (QED) is 0.759. The average Bonchev–Trinajstić information content (AvgIpc) is 2.55. The number of phenolic OH excluding ortho intramolecular Hbond substituents is 1. The first kappa shape index (κ1) is 13.6. The summed E-state index contributed by atoms with van der Waals surface area (Å²) in [6.07, 6.45) is 3.21. The van der Waals surface area contributed by atoms with E-state index in [1.54, 1.807) is 54.9 Å². The number of nitrogens with one attached hydrogen (secondary N) is 1. The molecule has 0 bridgehead atoms. The Kier molecular flexibility index (Phi) is 3.42. The molecule has 106 valence electrons. The Hall–Kier alpha value is -3.39. The van der Waals surface area contributed by atoms with Crippen molar-refractivity contribution in [2.75, 3.05) is 0 Å². The molecule has 5 nitrogen and oxygen atoms in total. The van der Waals surface area contributed by atoms with Crippen LogP contribution in [0.2, 0.25) is 0 Å². The molecule has 0 fully saturated rings. The summed E-state index contributed by atoms with van der Waals surface area (Å²) in [6.45, 7) is 0. The molecule has 3 aromatic rings. The zero-order chi connectivity index (χ0) is 15.5. The number of nitriles is 1. The minimum Gasteiger partial charge on any atom is -0.508 e. The van der Waals surface area contributed by atoms with Crippen LogP contribution >= 0.6 is 0 Å². The molecule has 0 amide bonds. The number of benzene rings is 1. The van der Waals surface area contributed by atoms with Gasteiger partial charge in [0.05, 0.1) is 0 Å². The van der Waals surface area contributed by atoms with E-state index >= 15 is 0 Å². The summed E-state index contributed by atoms with van der Waals surface area (Å²) < 4.78 is 0. The number of nitrogens with zero attached hydrogens (tertiary/aromatic N) is 2. The van der Waals surface area contributed by atoms with Crippen molar-refractivity contribution in [3.63, 3.8) is 0 Å². The molecule has 5 heteroatoms. The van der Waals surface area contributed by atoms with Crippen LogP contribution in [0.4, 0.5) is 0 Å². The molecule has 0 aliphatic rings. The van der Waals surface area contributed by atoms with Crippen LogP contribution in [0.25, 0.3) is 22.4 Å². The monoisotopic (exact) mass is 289 g/mol. The molecule has 0 saturated heterocycles. The van der Waals surface area contributed by atoms with Gasteiger partial charge in [-0.2, -0.15) is 5.26 Å². The zero-order valence-electron chi connectivity index (χ0n) is 11.4. The highest BCUT2D eigenvalue weighted by atomic mass is 16.3. The summed E-state index contributed by atoms with van der Waals surface area (Å²) in [5.41, 5.74) is 2.06. The van der Waals surface area contributed by atoms with Crippen molar-refractivity contribution in [2.45, 2.75) is 0 Å². The van der Waals surface area contributed by atoms with E-state index in [1.807, 2.05) is 6.07 Å². The Morgan fingerprint density at radius 2 is 1.86 bits per heavy atom. The van der Waals surface area contributed by atoms with E-state index in [0.29, 0.717) is 16.8 Å². The van der Waals surface area contributed by atoms with E-state index in [0.717, 1.165) is 5.56 Å². The van der Waals surface area contributed by atoms with Crippen LogP contribution < -0.4 is 5.56 Å². The van der Waals surface area contributed by atoms with Crippen molar-refractivity contribution in [2.24, 2.45) is 0 Å². The van der Waals surface area contributed by atoms with Crippen molar-refractivity contribution in [1.29, 1.82) is 5.26 Å². The van der Waals surface area contributed by atoms with Gasteiger partial charge in [0.25, 0.3) is 5.56 Å². The topological polar surface area (TPSA) is 89.8 Å². The number of aromatic nitrogens is 2. The Bertz CT molecular complexity index is 925. The number of H-pyrrole nitrogens is 1. The zero-order valence-corrected chi connectivity index (χ0v) is 11.4. The first-order valence-electron chi connectivity index (χ1n) is 6.56. The van der Waals surface area contributed by atoms with Gasteiger partial charge in [0, 0.05) is 29.2 Å². The fourth-order valence-corrected chi connectivity index (χ4v) is 2.26. The van der Waals surface area contributed by atoms with Crippen LogP contribution in [-0.4, -0.2) is 15.1 Å². The van der Waals surface area contributed by atoms with E-state index in [9.17, 15) is 15.2 Å². The molecule has 22 heavy (non-hydrogen) atoms. The SMILES string of the molecule is N#Cc1c(-c2ccncc2)cc(-c2cccc(O)c2)[nH]c1=O. The van der Waals surface area contributed by atoms with Gasteiger partial charge in [0.15, 0.2) is 0 Å². The third-order valence-corrected chi connectivity index (χ3v) is 3.29. The predicted molar refractivity (Wildman–Crippen MR) is 82.1 cm³/mol. The Labute approximate surface area is 126 Å². The summed E-state index contributed by atoms with van der Waals surface area (Å²) in [7, 11) is 0. The lowest BCUT2D eigenvalue weighted by Gasteiger charge is -2.08. The summed E-state index contributed by atoms with van der Waals surface area (Å²) in [5.74, 6) is 0.105. The van der Waals surface area contributed by atoms with Crippen molar-refractivity contribution in [3.05, 3.63) is 70.8 Å². The third-order valence-electron chi connectivity index (χ3n) is 3.29. The number of pyridine rings is 2. The van der Waals surface area contributed by atoms with E-state index in [-0.39, 0.29) is 11.3 Å². The Balaban J connectivity index is 2.26. The largest absolute Gasteiger partial charge is 0.508 e. The van der Waals surface area contributed by atoms with E-state index in [4.69, 9.17) is 0 Å². The second-order valence-corrected chi connectivity index (χ2v) is 4.70. The van der Waals surface area contributed by atoms with Crippen LogP contribution in [0.15, 0.2) is 59.7 Å². The molecule has 3 rings (SSSR count). The maximum atomic E-state index is 12.2. The molecule has 2 N–H and O–H groups in total. The minimum atomic E-state index is -0.463. The number of rotatable bonds is 2. The highest BCUT2D eigenvalue weighted by Crippen LogP contribution is 2.27. The molecule has 0 radical (unpaired) electrons. The van der Waals surface area contributed by atoms with Gasteiger partial charge >= 0.3 is 0 Å². The highest BCUT2D eigenvalue weighted by Gasteiger charge is 2.12. The van der Waals surface area contributed by atoms with Crippen molar-refractivity contribution in [3.8, 4) is 34.2 Å². The van der Waals surface area contributed by atoms with Gasteiger partial charge in [-0.25, -0.2) is 0 Å². The van der Waals surface area contributed by atoms with Gasteiger partial charge in [-0.1, -0.05) is 12.1 Å². The first-order valence-corrected chi connectivity index (χ1v) is 6.56. The van der Waals surface area contributed by atoms with Gasteiger partial charge in [-0.15, -0.1) is 0 Å².